The topological polar surface area (TPSA) is 84.9 Å². The van der Waals surface area contributed by atoms with Gasteiger partial charge < -0.3 is 14.8 Å². The standard InChI is InChI=1S/C18H22N2O5S/c1-13-5-10-16(25-4)17(11-13)26(22,23)20(12-18(21)19-2)14-6-8-15(24-3)9-7-14/h5-11H,12H2,1-4H3,(H,19,21). The Morgan fingerprint density at radius 1 is 1.08 bits per heavy atom. The van der Waals surface area contributed by atoms with E-state index in [4.69, 9.17) is 9.47 Å². The van der Waals surface area contributed by atoms with Crippen molar-refractivity contribution in [3.63, 3.8) is 0 Å². The van der Waals surface area contributed by atoms with Crippen LogP contribution in [0.25, 0.3) is 0 Å². The van der Waals surface area contributed by atoms with Gasteiger partial charge in [-0.3, -0.25) is 9.10 Å². The van der Waals surface area contributed by atoms with Crippen LogP contribution in [0.2, 0.25) is 0 Å². The van der Waals surface area contributed by atoms with Crippen molar-refractivity contribution >= 4 is 21.6 Å². The molecule has 0 spiro atoms. The number of likely N-dealkylation sites (N-methyl/N-ethyl adjacent to an activating group) is 1. The van der Waals surface area contributed by atoms with Gasteiger partial charge in [-0.15, -0.1) is 0 Å². The number of nitrogens with zero attached hydrogens (tertiary/aromatic N) is 1. The predicted octanol–water partition coefficient (Wildman–Crippen LogP) is 1.95. The fraction of sp³-hybridized carbons (Fsp3) is 0.278. The molecule has 0 atom stereocenters. The molecule has 1 N–H and O–H groups in total. The van der Waals surface area contributed by atoms with Crippen LogP contribution in [0.1, 0.15) is 5.56 Å². The molecule has 140 valence electrons. The van der Waals surface area contributed by atoms with Crippen molar-refractivity contribution in [2.45, 2.75) is 11.8 Å². The molecule has 1 amide bonds. The number of carbonyl (C=O) groups excluding carboxylic acids is 1. The summed E-state index contributed by atoms with van der Waals surface area (Å²) in [7, 11) is 0.338. The minimum absolute atomic E-state index is 0.000258. The van der Waals surface area contributed by atoms with Gasteiger partial charge in [0.05, 0.1) is 19.9 Å². The van der Waals surface area contributed by atoms with E-state index in [0.717, 1.165) is 9.87 Å². The molecule has 0 aliphatic carbocycles. The molecule has 0 aromatic heterocycles. The number of hydrogen-bond acceptors (Lipinski definition) is 5. The van der Waals surface area contributed by atoms with Gasteiger partial charge in [-0.25, -0.2) is 8.42 Å². The van der Waals surface area contributed by atoms with Crippen LogP contribution in [0.4, 0.5) is 5.69 Å². The van der Waals surface area contributed by atoms with Gasteiger partial charge in [0, 0.05) is 7.05 Å². The zero-order valence-corrected chi connectivity index (χ0v) is 16.0. The molecule has 26 heavy (non-hydrogen) atoms. The van der Waals surface area contributed by atoms with Crippen LogP contribution in [0.5, 0.6) is 11.5 Å². The molecule has 7 nitrogen and oxygen atoms in total. The van der Waals surface area contributed by atoms with Crippen LogP contribution >= 0.6 is 0 Å². The van der Waals surface area contributed by atoms with E-state index < -0.39 is 15.9 Å². The lowest BCUT2D eigenvalue weighted by Gasteiger charge is -2.25. The first-order valence-electron chi connectivity index (χ1n) is 7.85. The normalized spacial score (nSPS) is 10.9. The van der Waals surface area contributed by atoms with Crippen molar-refractivity contribution in [3.05, 3.63) is 48.0 Å². The molecule has 0 saturated heterocycles. The first-order chi connectivity index (χ1) is 12.3. The second-order valence-electron chi connectivity index (χ2n) is 5.54. The molecule has 0 radical (unpaired) electrons. The molecule has 2 aromatic carbocycles. The van der Waals surface area contributed by atoms with E-state index >= 15 is 0 Å². The van der Waals surface area contributed by atoms with Gasteiger partial charge in [0.1, 0.15) is 22.9 Å². The Morgan fingerprint density at radius 2 is 1.73 bits per heavy atom. The van der Waals surface area contributed by atoms with Crippen molar-refractivity contribution in [1.82, 2.24) is 5.32 Å². The molecule has 2 rings (SSSR count). The number of hydrogen-bond donors (Lipinski definition) is 1. The lowest BCUT2D eigenvalue weighted by molar-refractivity contribution is -0.119. The lowest BCUT2D eigenvalue weighted by atomic mass is 10.2. The Balaban J connectivity index is 2.59. The average molecular weight is 378 g/mol. The van der Waals surface area contributed by atoms with Crippen LogP contribution in [-0.2, 0) is 14.8 Å². The maximum Gasteiger partial charge on any atom is 0.268 e. The smallest absolute Gasteiger partial charge is 0.268 e. The van der Waals surface area contributed by atoms with Crippen LogP contribution in [0.15, 0.2) is 47.4 Å². The molecular formula is C18H22N2O5S. The van der Waals surface area contributed by atoms with Crippen LogP contribution in [-0.4, -0.2) is 42.1 Å². The number of methoxy groups -OCH3 is 2. The van der Waals surface area contributed by atoms with Crippen LogP contribution in [0.3, 0.4) is 0 Å². The number of amides is 1. The third-order valence-corrected chi connectivity index (χ3v) is 5.61. The first kappa shape index (κ1) is 19.6. The quantitative estimate of drug-likeness (QED) is 0.796. The summed E-state index contributed by atoms with van der Waals surface area (Å²) in [5.41, 5.74) is 1.11. The molecule has 0 saturated carbocycles. The Bertz CT molecular complexity index is 879. The number of anilines is 1. The number of nitrogens with one attached hydrogen (secondary N) is 1. The summed E-state index contributed by atoms with van der Waals surface area (Å²) in [6, 6.07) is 11.3. The molecule has 0 bridgehead atoms. The summed E-state index contributed by atoms with van der Waals surface area (Å²) in [4.78, 5) is 11.9. The van der Waals surface area contributed by atoms with Crippen LogP contribution in [0, 0.1) is 6.92 Å². The molecule has 2 aromatic rings. The number of rotatable bonds is 7. The van der Waals surface area contributed by atoms with E-state index in [1.807, 2.05) is 0 Å². The van der Waals surface area contributed by atoms with Crippen LogP contribution < -0.4 is 19.1 Å². The molecule has 8 heteroatoms. The number of aryl methyl sites for hydroxylation is 1. The highest BCUT2D eigenvalue weighted by molar-refractivity contribution is 7.93. The Kier molecular flexibility index (Phi) is 6.10. The van der Waals surface area contributed by atoms with E-state index in [2.05, 4.69) is 5.32 Å². The molecule has 0 fully saturated rings. The van der Waals surface area contributed by atoms with Crippen molar-refractivity contribution in [3.8, 4) is 11.5 Å². The SMILES string of the molecule is CNC(=O)CN(c1ccc(OC)cc1)S(=O)(=O)c1cc(C)ccc1OC. The largest absolute Gasteiger partial charge is 0.497 e. The predicted molar refractivity (Wildman–Crippen MR) is 99.3 cm³/mol. The molecule has 0 aliphatic heterocycles. The highest BCUT2D eigenvalue weighted by atomic mass is 32.2. The van der Waals surface area contributed by atoms with Gasteiger partial charge in [-0.05, 0) is 48.9 Å². The number of sulfonamides is 1. The van der Waals surface area contributed by atoms with Gasteiger partial charge in [0.25, 0.3) is 10.0 Å². The number of benzene rings is 2. The summed E-state index contributed by atoms with van der Waals surface area (Å²) in [5.74, 6) is 0.362. The van der Waals surface area contributed by atoms with E-state index in [1.54, 1.807) is 43.3 Å². The number of carbonyl (C=O) groups is 1. The Labute approximate surface area is 153 Å². The fourth-order valence-corrected chi connectivity index (χ4v) is 4.04. The highest BCUT2D eigenvalue weighted by Crippen LogP contribution is 2.31. The third kappa shape index (κ3) is 4.08. The summed E-state index contributed by atoms with van der Waals surface area (Å²) in [5, 5.41) is 2.45. The van der Waals surface area contributed by atoms with E-state index in [1.165, 1.54) is 27.3 Å². The molecule has 0 heterocycles. The van der Waals surface area contributed by atoms with Crippen molar-refractivity contribution in [1.29, 1.82) is 0 Å². The first-order valence-corrected chi connectivity index (χ1v) is 9.29. The summed E-state index contributed by atoms with van der Waals surface area (Å²) < 4.78 is 38.0. The molecule has 0 unspecified atom stereocenters. The molecule has 0 aliphatic rings. The van der Waals surface area contributed by atoms with Crippen molar-refractivity contribution in [2.24, 2.45) is 0 Å². The second kappa shape index (κ2) is 8.09. The second-order valence-corrected chi connectivity index (χ2v) is 7.37. The van der Waals surface area contributed by atoms with Gasteiger partial charge in [0.2, 0.25) is 5.91 Å². The fourth-order valence-electron chi connectivity index (χ4n) is 2.38. The van der Waals surface area contributed by atoms with Crippen molar-refractivity contribution < 1.29 is 22.7 Å². The molecular weight excluding hydrogens is 356 g/mol. The zero-order chi connectivity index (χ0) is 19.3. The highest BCUT2D eigenvalue weighted by Gasteiger charge is 2.30. The van der Waals surface area contributed by atoms with Crippen molar-refractivity contribution in [2.75, 3.05) is 32.1 Å². The van der Waals surface area contributed by atoms with Gasteiger partial charge in [0.15, 0.2) is 0 Å². The maximum absolute atomic E-state index is 13.3. The Morgan fingerprint density at radius 3 is 2.27 bits per heavy atom. The van der Waals surface area contributed by atoms with Gasteiger partial charge in [-0.2, -0.15) is 0 Å². The maximum atomic E-state index is 13.3. The van der Waals surface area contributed by atoms with E-state index in [9.17, 15) is 13.2 Å². The Hall–Kier alpha value is -2.74. The summed E-state index contributed by atoms with van der Waals surface area (Å²) in [6.07, 6.45) is 0. The number of ether oxygens (including phenoxy) is 2. The summed E-state index contributed by atoms with van der Waals surface area (Å²) in [6.45, 7) is 1.43. The monoisotopic (exact) mass is 378 g/mol. The van der Waals surface area contributed by atoms with Gasteiger partial charge in [-0.1, -0.05) is 6.07 Å². The van der Waals surface area contributed by atoms with E-state index in [-0.39, 0.29) is 17.2 Å². The zero-order valence-electron chi connectivity index (χ0n) is 15.1. The third-order valence-electron chi connectivity index (χ3n) is 3.81. The van der Waals surface area contributed by atoms with E-state index in [0.29, 0.717) is 11.4 Å². The average Bonchev–Trinajstić information content (AvgIpc) is 2.65. The van der Waals surface area contributed by atoms with Gasteiger partial charge >= 0.3 is 0 Å². The minimum Gasteiger partial charge on any atom is -0.497 e. The summed E-state index contributed by atoms with van der Waals surface area (Å²) >= 11 is 0. The lowest BCUT2D eigenvalue weighted by Crippen LogP contribution is -2.39. The minimum atomic E-state index is -4.04.